The van der Waals surface area contributed by atoms with Crippen LogP contribution in [-0.4, -0.2) is 21.9 Å². The van der Waals surface area contributed by atoms with E-state index >= 15 is 0 Å². The van der Waals surface area contributed by atoms with E-state index in [-0.39, 0.29) is 5.60 Å². The van der Waals surface area contributed by atoms with Crippen LogP contribution in [0.1, 0.15) is 57.8 Å². The van der Waals surface area contributed by atoms with Crippen molar-refractivity contribution in [3.63, 3.8) is 0 Å². The number of nitrogens with two attached hydrogens (primary N) is 1. The second-order valence-electron chi connectivity index (χ2n) is 6.17. The highest BCUT2D eigenvalue weighted by atomic mass is 16.5. The highest BCUT2D eigenvalue weighted by Gasteiger charge is 2.34. The van der Waals surface area contributed by atoms with Crippen LogP contribution in [-0.2, 0) is 24.3 Å². The SMILES string of the molecule is CCc1cc(COC2(CN)CCCC(C)C2)n(CC)n1. The Morgan fingerprint density at radius 3 is 2.90 bits per heavy atom. The molecular formula is C16H29N3O. The minimum absolute atomic E-state index is 0.118. The van der Waals surface area contributed by atoms with Crippen molar-refractivity contribution in [3.8, 4) is 0 Å². The van der Waals surface area contributed by atoms with Gasteiger partial charge in [0.15, 0.2) is 0 Å². The number of rotatable bonds is 6. The molecule has 1 fully saturated rings. The van der Waals surface area contributed by atoms with E-state index in [1.807, 2.05) is 0 Å². The molecule has 2 N–H and O–H groups in total. The van der Waals surface area contributed by atoms with Crippen LogP contribution in [0.3, 0.4) is 0 Å². The first-order chi connectivity index (χ1) is 9.62. The van der Waals surface area contributed by atoms with E-state index in [0.717, 1.165) is 37.4 Å². The Morgan fingerprint density at radius 2 is 2.30 bits per heavy atom. The lowest BCUT2D eigenvalue weighted by molar-refractivity contribution is -0.0859. The van der Waals surface area contributed by atoms with Gasteiger partial charge in [-0.3, -0.25) is 4.68 Å². The molecule has 20 heavy (non-hydrogen) atoms. The molecule has 0 aromatic carbocycles. The summed E-state index contributed by atoms with van der Waals surface area (Å²) >= 11 is 0. The zero-order chi connectivity index (χ0) is 14.6. The largest absolute Gasteiger partial charge is 0.367 e. The second-order valence-corrected chi connectivity index (χ2v) is 6.17. The lowest BCUT2D eigenvalue weighted by Gasteiger charge is -2.39. The average Bonchev–Trinajstić information content (AvgIpc) is 2.87. The Balaban J connectivity index is 2.04. The number of aromatic nitrogens is 2. The summed E-state index contributed by atoms with van der Waals surface area (Å²) in [4.78, 5) is 0. The van der Waals surface area contributed by atoms with Crippen molar-refractivity contribution in [2.45, 2.75) is 71.6 Å². The predicted molar refractivity (Wildman–Crippen MR) is 81.5 cm³/mol. The smallest absolute Gasteiger partial charge is 0.0893 e. The fourth-order valence-corrected chi connectivity index (χ4v) is 3.29. The number of aryl methyl sites for hydroxylation is 2. The van der Waals surface area contributed by atoms with Crippen molar-refractivity contribution in [1.29, 1.82) is 0 Å². The monoisotopic (exact) mass is 279 g/mol. The molecule has 0 saturated heterocycles. The van der Waals surface area contributed by atoms with E-state index in [1.54, 1.807) is 0 Å². The van der Waals surface area contributed by atoms with Gasteiger partial charge < -0.3 is 10.5 Å². The Kier molecular flexibility index (Phi) is 5.22. The van der Waals surface area contributed by atoms with Gasteiger partial charge in [-0.2, -0.15) is 5.10 Å². The summed E-state index contributed by atoms with van der Waals surface area (Å²) in [5.41, 5.74) is 8.22. The molecule has 0 aliphatic heterocycles. The molecule has 0 spiro atoms. The number of ether oxygens (including phenoxy) is 1. The van der Waals surface area contributed by atoms with Gasteiger partial charge in [0.1, 0.15) is 0 Å². The van der Waals surface area contributed by atoms with Gasteiger partial charge in [0, 0.05) is 13.1 Å². The summed E-state index contributed by atoms with van der Waals surface area (Å²) in [5, 5.41) is 4.58. The van der Waals surface area contributed by atoms with E-state index in [0.29, 0.717) is 13.2 Å². The lowest BCUT2D eigenvalue weighted by Crippen LogP contribution is -2.44. The topological polar surface area (TPSA) is 53.1 Å². The van der Waals surface area contributed by atoms with Crippen LogP contribution < -0.4 is 5.73 Å². The highest BCUT2D eigenvalue weighted by Crippen LogP contribution is 2.35. The zero-order valence-electron chi connectivity index (χ0n) is 13.2. The molecule has 0 amide bonds. The third-order valence-electron chi connectivity index (χ3n) is 4.52. The number of nitrogens with zero attached hydrogens (tertiary/aromatic N) is 2. The van der Waals surface area contributed by atoms with Crippen LogP contribution in [0.5, 0.6) is 0 Å². The Labute approximate surface area is 122 Å². The predicted octanol–water partition coefficient (Wildman–Crippen LogP) is 2.89. The van der Waals surface area contributed by atoms with Crippen LogP contribution in [0, 0.1) is 5.92 Å². The summed E-state index contributed by atoms with van der Waals surface area (Å²) < 4.78 is 8.34. The van der Waals surface area contributed by atoms with E-state index in [1.165, 1.54) is 18.5 Å². The summed E-state index contributed by atoms with van der Waals surface area (Å²) in [7, 11) is 0. The minimum atomic E-state index is -0.118. The summed E-state index contributed by atoms with van der Waals surface area (Å²) in [6.45, 7) is 8.71. The van der Waals surface area contributed by atoms with Gasteiger partial charge in [0.2, 0.25) is 0 Å². The van der Waals surface area contributed by atoms with Crippen molar-refractivity contribution >= 4 is 0 Å². The van der Waals surface area contributed by atoms with Crippen molar-refractivity contribution in [3.05, 3.63) is 17.5 Å². The van der Waals surface area contributed by atoms with E-state index in [9.17, 15) is 0 Å². The van der Waals surface area contributed by atoms with Gasteiger partial charge in [-0.1, -0.05) is 26.7 Å². The van der Waals surface area contributed by atoms with Crippen molar-refractivity contribution in [2.75, 3.05) is 6.54 Å². The summed E-state index contributed by atoms with van der Waals surface area (Å²) in [5.74, 6) is 0.717. The molecule has 0 radical (unpaired) electrons. The number of hydrogen-bond acceptors (Lipinski definition) is 3. The van der Waals surface area contributed by atoms with Crippen molar-refractivity contribution in [1.82, 2.24) is 9.78 Å². The molecule has 2 atom stereocenters. The van der Waals surface area contributed by atoms with Crippen molar-refractivity contribution in [2.24, 2.45) is 11.7 Å². The van der Waals surface area contributed by atoms with Gasteiger partial charge >= 0.3 is 0 Å². The van der Waals surface area contributed by atoms with Crippen LogP contribution >= 0.6 is 0 Å². The molecule has 4 heteroatoms. The average molecular weight is 279 g/mol. The molecular weight excluding hydrogens is 250 g/mol. The minimum Gasteiger partial charge on any atom is -0.367 e. The Hall–Kier alpha value is -0.870. The van der Waals surface area contributed by atoms with Gasteiger partial charge in [0.05, 0.1) is 23.6 Å². The van der Waals surface area contributed by atoms with E-state index in [4.69, 9.17) is 10.5 Å². The molecule has 4 nitrogen and oxygen atoms in total. The van der Waals surface area contributed by atoms with Gasteiger partial charge in [-0.15, -0.1) is 0 Å². The second kappa shape index (κ2) is 6.72. The molecule has 1 aromatic rings. The first kappa shape index (κ1) is 15.5. The maximum atomic E-state index is 6.29. The van der Waals surface area contributed by atoms with Gasteiger partial charge in [0.25, 0.3) is 0 Å². The normalized spacial score (nSPS) is 26.9. The molecule has 1 aliphatic carbocycles. The maximum Gasteiger partial charge on any atom is 0.0893 e. The quantitative estimate of drug-likeness (QED) is 0.871. The molecule has 1 saturated carbocycles. The first-order valence-electron chi connectivity index (χ1n) is 8.02. The third-order valence-corrected chi connectivity index (χ3v) is 4.52. The van der Waals surface area contributed by atoms with Crippen molar-refractivity contribution < 1.29 is 4.74 Å². The molecule has 1 aromatic heterocycles. The Morgan fingerprint density at radius 1 is 1.50 bits per heavy atom. The van der Waals surface area contributed by atoms with E-state index < -0.39 is 0 Å². The summed E-state index contributed by atoms with van der Waals surface area (Å²) in [6.07, 6.45) is 5.68. The zero-order valence-corrected chi connectivity index (χ0v) is 13.2. The molecule has 2 rings (SSSR count). The molecule has 0 bridgehead atoms. The maximum absolute atomic E-state index is 6.29. The van der Waals surface area contributed by atoms with Gasteiger partial charge in [-0.25, -0.2) is 0 Å². The van der Waals surface area contributed by atoms with Crippen LogP contribution in [0.4, 0.5) is 0 Å². The third kappa shape index (κ3) is 3.41. The standard InChI is InChI=1S/C16H29N3O/c1-4-14-9-15(19(5-2)18-14)11-20-16(12-17)8-6-7-13(3)10-16/h9,13H,4-8,10-12,17H2,1-3H3. The Bertz CT molecular complexity index is 429. The fraction of sp³-hybridized carbons (Fsp3) is 0.812. The van der Waals surface area contributed by atoms with Crippen LogP contribution in [0.15, 0.2) is 6.07 Å². The molecule has 1 aliphatic rings. The highest BCUT2D eigenvalue weighted by molar-refractivity contribution is 5.10. The fourth-order valence-electron chi connectivity index (χ4n) is 3.29. The van der Waals surface area contributed by atoms with Crippen LogP contribution in [0.2, 0.25) is 0 Å². The lowest BCUT2D eigenvalue weighted by atomic mass is 9.79. The first-order valence-corrected chi connectivity index (χ1v) is 8.02. The van der Waals surface area contributed by atoms with Crippen LogP contribution in [0.25, 0.3) is 0 Å². The number of hydrogen-bond donors (Lipinski definition) is 1. The molecule has 2 unspecified atom stereocenters. The molecule has 1 heterocycles. The van der Waals surface area contributed by atoms with Gasteiger partial charge in [-0.05, 0) is 38.2 Å². The molecule has 114 valence electrons. The van der Waals surface area contributed by atoms with E-state index in [2.05, 4.69) is 36.6 Å². The summed E-state index contributed by atoms with van der Waals surface area (Å²) in [6, 6.07) is 2.17.